The molecule has 0 aliphatic heterocycles. The lowest BCUT2D eigenvalue weighted by molar-refractivity contribution is -0.146. The molecule has 0 aliphatic rings. The van der Waals surface area contributed by atoms with Gasteiger partial charge in [0.1, 0.15) is 6.10 Å². The third-order valence-electron chi connectivity index (χ3n) is 3.55. The van der Waals surface area contributed by atoms with E-state index in [2.05, 4.69) is 5.32 Å². The minimum atomic E-state index is -1.21. The van der Waals surface area contributed by atoms with E-state index in [1.807, 2.05) is 18.4 Å². The standard InChI is InChI=1S/C18H19NO4S/c1-23-18(22)15(19-17(21)13-6-4-3-5-7-13)16(20)12-8-10-14(24-2)11-9-12/h3-11,15-16,20H,1-2H3,(H,19,21)/t15-,16+/m1/s1. The normalized spacial score (nSPS) is 13.0. The largest absolute Gasteiger partial charge is 0.467 e. The van der Waals surface area contributed by atoms with E-state index in [0.29, 0.717) is 11.1 Å². The molecular formula is C18H19NO4S. The summed E-state index contributed by atoms with van der Waals surface area (Å²) in [5, 5.41) is 13.1. The van der Waals surface area contributed by atoms with Gasteiger partial charge in [-0.3, -0.25) is 4.79 Å². The maximum Gasteiger partial charge on any atom is 0.331 e. The predicted molar refractivity (Wildman–Crippen MR) is 92.9 cm³/mol. The summed E-state index contributed by atoms with van der Waals surface area (Å²) in [6.45, 7) is 0. The molecule has 0 unspecified atom stereocenters. The van der Waals surface area contributed by atoms with Gasteiger partial charge in [0.2, 0.25) is 0 Å². The highest BCUT2D eigenvalue weighted by atomic mass is 32.2. The molecule has 2 aromatic rings. The number of thioether (sulfide) groups is 1. The van der Waals surface area contributed by atoms with Crippen LogP contribution in [0.2, 0.25) is 0 Å². The Balaban J connectivity index is 2.20. The number of hydrogen-bond acceptors (Lipinski definition) is 5. The number of esters is 1. The Labute approximate surface area is 145 Å². The lowest BCUT2D eigenvalue weighted by Crippen LogP contribution is -2.45. The van der Waals surface area contributed by atoms with Crippen molar-refractivity contribution in [3.63, 3.8) is 0 Å². The second-order valence-corrected chi connectivity index (χ2v) is 5.94. The summed E-state index contributed by atoms with van der Waals surface area (Å²) in [4.78, 5) is 25.3. The molecule has 0 bridgehead atoms. The first kappa shape index (κ1) is 18.0. The molecule has 0 saturated heterocycles. The van der Waals surface area contributed by atoms with Crippen LogP contribution >= 0.6 is 11.8 Å². The van der Waals surface area contributed by atoms with Crippen molar-refractivity contribution < 1.29 is 19.4 Å². The van der Waals surface area contributed by atoms with Crippen LogP contribution in [0, 0.1) is 0 Å². The van der Waals surface area contributed by atoms with E-state index in [4.69, 9.17) is 4.74 Å². The van der Waals surface area contributed by atoms with E-state index in [1.54, 1.807) is 54.2 Å². The Kier molecular flexibility index (Phi) is 6.40. The summed E-state index contributed by atoms with van der Waals surface area (Å²) in [7, 11) is 1.22. The first-order valence-electron chi connectivity index (χ1n) is 7.32. The molecule has 2 N–H and O–H groups in total. The van der Waals surface area contributed by atoms with Crippen molar-refractivity contribution in [1.82, 2.24) is 5.32 Å². The summed E-state index contributed by atoms with van der Waals surface area (Å²) in [5.74, 6) is -1.16. The van der Waals surface area contributed by atoms with Crippen LogP contribution in [0.3, 0.4) is 0 Å². The molecule has 0 saturated carbocycles. The first-order valence-corrected chi connectivity index (χ1v) is 8.55. The highest BCUT2D eigenvalue weighted by molar-refractivity contribution is 7.98. The van der Waals surface area contributed by atoms with Gasteiger partial charge in [-0.15, -0.1) is 11.8 Å². The van der Waals surface area contributed by atoms with E-state index in [9.17, 15) is 14.7 Å². The van der Waals surface area contributed by atoms with Crippen LogP contribution in [-0.4, -0.2) is 36.4 Å². The molecule has 5 nitrogen and oxygen atoms in total. The van der Waals surface area contributed by atoms with Crippen molar-refractivity contribution >= 4 is 23.6 Å². The second kappa shape index (κ2) is 8.52. The number of ether oxygens (including phenoxy) is 1. The summed E-state index contributed by atoms with van der Waals surface area (Å²) in [6.07, 6.45) is 0.740. The van der Waals surface area contributed by atoms with Gasteiger partial charge in [0, 0.05) is 10.5 Å². The van der Waals surface area contributed by atoms with Gasteiger partial charge in [-0.2, -0.15) is 0 Å². The summed E-state index contributed by atoms with van der Waals surface area (Å²) in [5.41, 5.74) is 0.924. The topological polar surface area (TPSA) is 75.6 Å². The van der Waals surface area contributed by atoms with E-state index in [0.717, 1.165) is 4.90 Å². The molecule has 0 aliphatic carbocycles. The van der Waals surface area contributed by atoms with Crippen molar-refractivity contribution in [3.05, 3.63) is 65.7 Å². The number of methoxy groups -OCH3 is 1. The molecule has 6 heteroatoms. The van der Waals surface area contributed by atoms with Gasteiger partial charge in [-0.05, 0) is 36.1 Å². The number of aliphatic hydroxyl groups excluding tert-OH is 1. The average molecular weight is 345 g/mol. The smallest absolute Gasteiger partial charge is 0.331 e. The number of carbonyl (C=O) groups excluding carboxylic acids is 2. The number of amides is 1. The molecule has 2 rings (SSSR count). The highest BCUT2D eigenvalue weighted by Gasteiger charge is 2.30. The van der Waals surface area contributed by atoms with Gasteiger partial charge < -0.3 is 15.2 Å². The van der Waals surface area contributed by atoms with Crippen LogP contribution in [0.1, 0.15) is 22.0 Å². The molecule has 2 atom stereocenters. The van der Waals surface area contributed by atoms with Gasteiger partial charge in [-0.1, -0.05) is 30.3 Å². The molecule has 0 fully saturated rings. The van der Waals surface area contributed by atoms with Crippen molar-refractivity contribution in [1.29, 1.82) is 0 Å². The number of nitrogens with one attached hydrogen (secondary N) is 1. The fourth-order valence-corrected chi connectivity index (χ4v) is 2.61. The molecule has 24 heavy (non-hydrogen) atoms. The minimum Gasteiger partial charge on any atom is -0.467 e. The number of rotatable bonds is 6. The second-order valence-electron chi connectivity index (χ2n) is 5.06. The molecule has 126 valence electrons. The Morgan fingerprint density at radius 3 is 2.25 bits per heavy atom. The van der Waals surface area contributed by atoms with E-state index in [-0.39, 0.29) is 0 Å². The quantitative estimate of drug-likeness (QED) is 0.621. The number of hydrogen-bond donors (Lipinski definition) is 2. The molecule has 0 radical (unpaired) electrons. The third kappa shape index (κ3) is 4.37. The number of benzene rings is 2. The van der Waals surface area contributed by atoms with Crippen LogP contribution in [0.25, 0.3) is 0 Å². The molecule has 0 spiro atoms. The molecular weight excluding hydrogens is 326 g/mol. The van der Waals surface area contributed by atoms with Crippen molar-refractivity contribution in [2.75, 3.05) is 13.4 Å². The monoisotopic (exact) mass is 345 g/mol. The predicted octanol–water partition coefficient (Wildman–Crippen LogP) is 2.41. The zero-order chi connectivity index (χ0) is 17.5. The lowest BCUT2D eigenvalue weighted by atomic mass is 10.0. The number of carbonyl (C=O) groups is 2. The van der Waals surface area contributed by atoms with Crippen molar-refractivity contribution in [2.45, 2.75) is 17.0 Å². The molecule has 0 heterocycles. The Bertz CT molecular complexity index is 688. The average Bonchev–Trinajstić information content (AvgIpc) is 2.65. The van der Waals surface area contributed by atoms with E-state index in [1.165, 1.54) is 7.11 Å². The van der Waals surface area contributed by atoms with Gasteiger partial charge in [0.05, 0.1) is 7.11 Å². The maximum atomic E-state index is 12.3. The molecule has 2 aromatic carbocycles. The van der Waals surface area contributed by atoms with Crippen molar-refractivity contribution in [2.24, 2.45) is 0 Å². The minimum absolute atomic E-state index is 0.399. The number of aliphatic hydroxyl groups is 1. The van der Waals surface area contributed by atoms with E-state index < -0.39 is 24.0 Å². The van der Waals surface area contributed by atoms with Gasteiger partial charge in [-0.25, -0.2) is 4.79 Å². The van der Waals surface area contributed by atoms with E-state index >= 15 is 0 Å². The lowest BCUT2D eigenvalue weighted by Gasteiger charge is -2.22. The third-order valence-corrected chi connectivity index (χ3v) is 4.29. The van der Waals surface area contributed by atoms with Crippen LogP contribution < -0.4 is 5.32 Å². The van der Waals surface area contributed by atoms with Crippen LogP contribution in [-0.2, 0) is 9.53 Å². The van der Waals surface area contributed by atoms with Gasteiger partial charge in [0.25, 0.3) is 5.91 Å². The highest BCUT2D eigenvalue weighted by Crippen LogP contribution is 2.22. The summed E-state index contributed by atoms with van der Waals surface area (Å²) in [6, 6.07) is 14.4. The van der Waals surface area contributed by atoms with Gasteiger partial charge >= 0.3 is 5.97 Å². The van der Waals surface area contributed by atoms with Crippen molar-refractivity contribution in [3.8, 4) is 0 Å². The van der Waals surface area contributed by atoms with Crippen LogP contribution in [0.4, 0.5) is 0 Å². The Morgan fingerprint density at radius 2 is 1.71 bits per heavy atom. The Morgan fingerprint density at radius 1 is 1.08 bits per heavy atom. The zero-order valence-electron chi connectivity index (χ0n) is 13.4. The van der Waals surface area contributed by atoms with Gasteiger partial charge in [0.15, 0.2) is 6.04 Å². The fourth-order valence-electron chi connectivity index (χ4n) is 2.20. The molecule has 1 amide bonds. The first-order chi connectivity index (χ1) is 11.6. The molecule has 0 aromatic heterocycles. The Hall–Kier alpha value is -2.31. The summed E-state index contributed by atoms with van der Waals surface area (Å²) < 4.78 is 4.72. The van der Waals surface area contributed by atoms with Crippen LogP contribution in [0.5, 0.6) is 0 Å². The van der Waals surface area contributed by atoms with Crippen LogP contribution in [0.15, 0.2) is 59.5 Å². The fraction of sp³-hybridized carbons (Fsp3) is 0.222. The summed E-state index contributed by atoms with van der Waals surface area (Å²) >= 11 is 1.57. The SMILES string of the molecule is COC(=O)[C@H](NC(=O)c1ccccc1)[C@@H](O)c1ccc(SC)cc1. The maximum absolute atomic E-state index is 12.3. The zero-order valence-corrected chi connectivity index (χ0v) is 14.2.